The molecule has 1 N–H and O–H groups in total. The van der Waals surface area contributed by atoms with E-state index in [1.54, 1.807) is 18.2 Å². The number of benzene rings is 1. The van der Waals surface area contributed by atoms with Gasteiger partial charge >= 0.3 is 5.97 Å². The first kappa shape index (κ1) is 18.8. The van der Waals surface area contributed by atoms with Gasteiger partial charge < -0.3 is 19.5 Å². The molecule has 128 valence electrons. The maximum Gasteiger partial charge on any atom is 0.323 e. The molecule has 0 bridgehead atoms. The van der Waals surface area contributed by atoms with E-state index in [1.807, 2.05) is 27.7 Å². The Balaban J connectivity index is 3.13. The molecule has 0 fully saturated rings. The van der Waals surface area contributed by atoms with Crippen molar-refractivity contribution in [2.45, 2.75) is 40.2 Å². The Morgan fingerprint density at radius 1 is 1.13 bits per heavy atom. The van der Waals surface area contributed by atoms with Crippen molar-refractivity contribution in [3.8, 4) is 11.5 Å². The van der Waals surface area contributed by atoms with Crippen LogP contribution in [-0.2, 0) is 4.79 Å². The molecule has 6 nitrogen and oxygen atoms in total. The van der Waals surface area contributed by atoms with Crippen LogP contribution >= 0.6 is 0 Å². The summed E-state index contributed by atoms with van der Waals surface area (Å²) in [6.45, 7) is 8.07. The fourth-order valence-corrected chi connectivity index (χ4v) is 2.14. The molecule has 1 aromatic rings. The number of nitrogens with zero attached hydrogens (tertiary/aromatic N) is 1. The Kier molecular flexibility index (Phi) is 7.38. The Morgan fingerprint density at radius 2 is 1.74 bits per heavy atom. The van der Waals surface area contributed by atoms with Gasteiger partial charge in [-0.05, 0) is 45.4 Å². The molecule has 1 rings (SSSR count). The van der Waals surface area contributed by atoms with Gasteiger partial charge in [0.2, 0.25) is 0 Å². The van der Waals surface area contributed by atoms with Crippen LogP contribution in [0.4, 0.5) is 0 Å². The van der Waals surface area contributed by atoms with E-state index in [0.717, 1.165) is 0 Å². The molecular formula is C17H25NO5. The van der Waals surface area contributed by atoms with Gasteiger partial charge in [-0.2, -0.15) is 0 Å². The summed E-state index contributed by atoms with van der Waals surface area (Å²) in [7, 11) is 0. The van der Waals surface area contributed by atoms with Crippen molar-refractivity contribution in [2.75, 3.05) is 19.8 Å². The van der Waals surface area contributed by atoms with Crippen LogP contribution in [0.2, 0.25) is 0 Å². The summed E-state index contributed by atoms with van der Waals surface area (Å²) in [5.74, 6) is -0.306. The summed E-state index contributed by atoms with van der Waals surface area (Å²) in [5, 5.41) is 9.04. The number of carboxylic acid groups (broad SMARTS) is 1. The van der Waals surface area contributed by atoms with Crippen LogP contribution in [0.1, 0.15) is 44.5 Å². The molecule has 0 saturated carbocycles. The van der Waals surface area contributed by atoms with Crippen LogP contribution < -0.4 is 9.47 Å². The highest BCUT2D eigenvalue weighted by atomic mass is 16.5. The van der Waals surface area contributed by atoms with Gasteiger partial charge in [-0.25, -0.2) is 0 Å². The second-order valence-corrected chi connectivity index (χ2v) is 5.11. The van der Waals surface area contributed by atoms with E-state index < -0.39 is 5.97 Å². The highest BCUT2D eigenvalue weighted by Gasteiger charge is 2.24. The van der Waals surface area contributed by atoms with Gasteiger partial charge in [0.05, 0.1) is 13.2 Å². The molecule has 0 aliphatic rings. The Labute approximate surface area is 137 Å². The van der Waals surface area contributed by atoms with E-state index in [4.69, 9.17) is 14.6 Å². The van der Waals surface area contributed by atoms with Gasteiger partial charge in [0.25, 0.3) is 5.91 Å². The smallest absolute Gasteiger partial charge is 0.323 e. The predicted octanol–water partition coefficient (Wildman–Crippen LogP) is 2.81. The third-order valence-corrected chi connectivity index (χ3v) is 3.48. The van der Waals surface area contributed by atoms with Gasteiger partial charge in [-0.3, -0.25) is 9.59 Å². The lowest BCUT2D eigenvalue weighted by Gasteiger charge is -2.27. The van der Waals surface area contributed by atoms with Gasteiger partial charge in [-0.15, -0.1) is 0 Å². The minimum Gasteiger partial charge on any atom is -0.490 e. The summed E-state index contributed by atoms with van der Waals surface area (Å²) in [6, 6.07) is 4.75. The number of carbonyl (C=O) groups is 2. The van der Waals surface area contributed by atoms with Crippen LogP contribution in [0.3, 0.4) is 0 Å². The standard InChI is InChI=1S/C17H25NO5/c1-5-12(4)18(11-16(19)20)17(21)13-8-9-14(22-6-2)15(10-13)23-7-3/h8-10,12H,5-7,11H2,1-4H3,(H,19,20). The van der Waals surface area contributed by atoms with E-state index in [-0.39, 0.29) is 18.5 Å². The monoisotopic (exact) mass is 323 g/mol. The van der Waals surface area contributed by atoms with Crippen molar-refractivity contribution in [3.63, 3.8) is 0 Å². The summed E-state index contributed by atoms with van der Waals surface area (Å²) in [4.78, 5) is 25.1. The molecule has 0 aromatic heterocycles. The fourth-order valence-electron chi connectivity index (χ4n) is 2.14. The number of ether oxygens (including phenoxy) is 2. The van der Waals surface area contributed by atoms with Gasteiger partial charge in [0.15, 0.2) is 11.5 Å². The molecule has 0 heterocycles. The van der Waals surface area contributed by atoms with E-state index in [1.165, 1.54) is 4.90 Å². The van der Waals surface area contributed by atoms with E-state index in [2.05, 4.69) is 0 Å². The first-order valence-corrected chi connectivity index (χ1v) is 7.86. The van der Waals surface area contributed by atoms with Gasteiger partial charge in [0, 0.05) is 11.6 Å². The predicted molar refractivity (Wildman–Crippen MR) is 87.2 cm³/mol. The average Bonchev–Trinajstić information content (AvgIpc) is 2.53. The van der Waals surface area contributed by atoms with E-state index in [0.29, 0.717) is 36.7 Å². The van der Waals surface area contributed by atoms with Crippen molar-refractivity contribution in [1.82, 2.24) is 4.90 Å². The molecule has 0 spiro atoms. The largest absolute Gasteiger partial charge is 0.490 e. The lowest BCUT2D eigenvalue weighted by Crippen LogP contribution is -2.41. The van der Waals surface area contributed by atoms with Crippen molar-refractivity contribution >= 4 is 11.9 Å². The number of amides is 1. The number of carboxylic acids is 1. The Hall–Kier alpha value is -2.24. The average molecular weight is 323 g/mol. The van der Waals surface area contributed by atoms with Crippen molar-refractivity contribution in [2.24, 2.45) is 0 Å². The minimum absolute atomic E-state index is 0.166. The van der Waals surface area contributed by atoms with Crippen molar-refractivity contribution in [3.05, 3.63) is 23.8 Å². The normalized spacial score (nSPS) is 11.7. The number of rotatable bonds is 9. The lowest BCUT2D eigenvalue weighted by molar-refractivity contribution is -0.138. The molecule has 1 aromatic carbocycles. The maximum absolute atomic E-state index is 12.7. The summed E-state index contributed by atoms with van der Waals surface area (Å²) < 4.78 is 11.0. The highest BCUT2D eigenvalue weighted by molar-refractivity contribution is 5.96. The van der Waals surface area contributed by atoms with Crippen LogP contribution in [0.15, 0.2) is 18.2 Å². The summed E-state index contributed by atoms with van der Waals surface area (Å²) in [5.41, 5.74) is 0.387. The zero-order valence-electron chi connectivity index (χ0n) is 14.2. The zero-order valence-corrected chi connectivity index (χ0v) is 14.2. The van der Waals surface area contributed by atoms with Gasteiger partial charge in [0.1, 0.15) is 6.54 Å². The number of hydrogen-bond donors (Lipinski definition) is 1. The minimum atomic E-state index is -1.03. The second-order valence-electron chi connectivity index (χ2n) is 5.11. The molecule has 1 amide bonds. The molecule has 1 unspecified atom stereocenters. The molecule has 0 radical (unpaired) electrons. The fraction of sp³-hybridized carbons (Fsp3) is 0.529. The SMILES string of the molecule is CCOc1ccc(C(=O)N(CC(=O)O)C(C)CC)cc1OCC. The number of aliphatic carboxylic acids is 1. The topological polar surface area (TPSA) is 76.1 Å². The van der Waals surface area contributed by atoms with Crippen LogP contribution in [-0.4, -0.2) is 47.7 Å². The zero-order chi connectivity index (χ0) is 17.4. The second kappa shape index (κ2) is 9.02. The van der Waals surface area contributed by atoms with Gasteiger partial charge in [-0.1, -0.05) is 6.92 Å². The summed E-state index contributed by atoms with van der Waals surface area (Å²) in [6.07, 6.45) is 0.675. The molecule has 6 heteroatoms. The van der Waals surface area contributed by atoms with Crippen LogP contribution in [0.25, 0.3) is 0 Å². The lowest BCUT2D eigenvalue weighted by atomic mass is 10.1. The van der Waals surface area contributed by atoms with Crippen LogP contribution in [0, 0.1) is 0 Å². The van der Waals surface area contributed by atoms with E-state index in [9.17, 15) is 9.59 Å². The van der Waals surface area contributed by atoms with E-state index >= 15 is 0 Å². The summed E-state index contributed by atoms with van der Waals surface area (Å²) >= 11 is 0. The highest BCUT2D eigenvalue weighted by Crippen LogP contribution is 2.29. The molecule has 0 saturated heterocycles. The molecule has 0 aliphatic carbocycles. The Bertz CT molecular complexity index is 544. The molecule has 0 aliphatic heterocycles. The molecule has 23 heavy (non-hydrogen) atoms. The third-order valence-electron chi connectivity index (χ3n) is 3.48. The molecular weight excluding hydrogens is 298 g/mol. The Morgan fingerprint density at radius 3 is 2.26 bits per heavy atom. The van der Waals surface area contributed by atoms with Crippen molar-refractivity contribution < 1.29 is 24.2 Å². The van der Waals surface area contributed by atoms with Crippen LogP contribution in [0.5, 0.6) is 11.5 Å². The number of hydrogen-bond acceptors (Lipinski definition) is 4. The third kappa shape index (κ3) is 5.16. The first-order chi connectivity index (χ1) is 10.9. The first-order valence-electron chi connectivity index (χ1n) is 7.86. The molecule has 1 atom stereocenters. The maximum atomic E-state index is 12.7. The van der Waals surface area contributed by atoms with Crippen molar-refractivity contribution in [1.29, 1.82) is 0 Å². The quantitative estimate of drug-likeness (QED) is 0.756. The number of carbonyl (C=O) groups excluding carboxylic acids is 1.